The van der Waals surface area contributed by atoms with Crippen LogP contribution in [0.3, 0.4) is 0 Å². The number of amides is 1. The van der Waals surface area contributed by atoms with Crippen molar-refractivity contribution in [2.24, 2.45) is 0 Å². The molecule has 3 aromatic carbocycles. The van der Waals surface area contributed by atoms with Crippen LogP contribution in [0.15, 0.2) is 54.1 Å². The van der Waals surface area contributed by atoms with Gasteiger partial charge >= 0.3 is 0 Å². The summed E-state index contributed by atoms with van der Waals surface area (Å²) in [7, 11) is 0. The minimum absolute atomic E-state index is 0.127. The van der Waals surface area contributed by atoms with Crippen LogP contribution >= 0.6 is 34.8 Å². The van der Waals surface area contributed by atoms with Crippen LogP contribution < -0.4 is 19.5 Å². The first-order valence-electron chi connectivity index (χ1n) is 10.0. The molecular weight excluding hydrogens is 499 g/mol. The fourth-order valence-corrected chi connectivity index (χ4v) is 3.96. The highest BCUT2D eigenvalue weighted by Gasteiger charge is 2.16. The molecule has 0 bridgehead atoms. The number of rotatable bonds is 6. The molecule has 0 aliphatic carbocycles. The minimum Gasteiger partial charge on any atom is -0.486 e. The van der Waals surface area contributed by atoms with Gasteiger partial charge in [0.15, 0.2) is 17.2 Å². The number of nitrogens with one attached hydrogen (secondary N) is 1. The number of aryl methyl sites for hydroxylation is 1. The standard InChI is InChI=1S/C25H17Cl3N2O4/c1-14-2-4-18(10-19(14)26)30-25(31)17(11-29)6-16-7-20(27)24(21(28)8-16)32-12-15-3-5-22-23(9-15)34-13-33-22/h2-10H,12-13H2,1H3,(H,30,31)/b17-6-. The van der Waals surface area contributed by atoms with Crippen molar-refractivity contribution in [3.63, 3.8) is 0 Å². The molecule has 6 nitrogen and oxygen atoms in total. The second kappa shape index (κ2) is 10.3. The number of carbonyl (C=O) groups excluding carboxylic acids is 1. The monoisotopic (exact) mass is 514 g/mol. The van der Waals surface area contributed by atoms with Crippen LogP contribution in [0.2, 0.25) is 15.1 Å². The summed E-state index contributed by atoms with van der Waals surface area (Å²) in [4.78, 5) is 12.6. The van der Waals surface area contributed by atoms with Crippen LogP contribution in [0.4, 0.5) is 5.69 Å². The highest BCUT2D eigenvalue weighted by Crippen LogP contribution is 2.37. The first-order valence-corrected chi connectivity index (χ1v) is 11.2. The van der Waals surface area contributed by atoms with Gasteiger partial charge in [0, 0.05) is 10.7 Å². The Morgan fingerprint density at radius 2 is 1.79 bits per heavy atom. The molecule has 0 aromatic heterocycles. The Kier molecular flexibility index (Phi) is 7.18. The second-order valence-electron chi connectivity index (χ2n) is 7.38. The summed E-state index contributed by atoms with van der Waals surface area (Å²) in [6, 6.07) is 15.6. The summed E-state index contributed by atoms with van der Waals surface area (Å²) in [5, 5.41) is 13.1. The number of benzene rings is 3. The van der Waals surface area contributed by atoms with Crippen LogP contribution in [0.5, 0.6) is 17.2 Å². The summed E-state index contributed by atoms with van der Waals surface area (Å²) in [6.07, 6.45) is 1.39. The molecule has 0 radical (unpaired) electrons. The molecule has 172 valence electrons. The van der Waals surface area contributed by atoms with E-state index in [-0.39, 0.29) is 34.8 Å². The molecule has 1 heterocycles. The average molecular weight is 516 g/mol. The van der Waals surface area contributed by atoms with Crippen LogP contribution in [-0.2, 0) is 11.4 Å². The molecule has 0 spiro atoms. The van der Waals surface area contributed by atoms with E-state index in [2.05, 4.69) is 5.32 Å². The molecule has 3 aromatic rings. The van der Waals surface area contributed by atoms with Crippen LogP contribution in [0.1, 0.15) is 16.7 Å². The lowest BCUT2D eigenvalue weighted by atomic mass is 10.1. The molecule has 1 amide bonds. The van der Waals surface area contributed by atoms with Crippen molar-refractivity contribution in [3.05, 3.63) is 85.9 Å². The van der Waals surface area contributed by atoms with Gasteiger partial charge in [0.25, 0.3) is 5.91 Å². The largest absolute Gasteiger partial charge is 0.486 e. The number of anilines is 1. The molecule has 4 rings (SSSR count). The van der Waals surface area contributed by atoms with Crippen molar-refractivity contribution in [1.82, 2.24) is 0 Å². The maximum atomic E-state index is 12.6. The molecule has 0 atom stereocenters. The number of halogens is 3. The van der Waals surface area contributed by atoms with Crippen molar-refractivity contribution in [3.8, 4) is 23.3 Å². The average Bonchev–Trinajstić information content (AvgIpc) is 3.27. The number of carbonyl (C=O) groups is 1. The number of fused-ring (bicyclic) bond motifs is 1. The second-order valence-corrected chi connectivity index (χ2v) is 8.60. The smallest absolute Gasteiger partial charge is 0.266 e. The molecular formula is C25H17Cl3N2O4. The fraction of sp³-hybridized carbons (Fsp3) is 0.120. The first kappa shape index (κ1) is 23.8. The summed E-state index contributed by atoms with van der Waals surface area (Å²) in [6.45, 7) is 2.24. The Morgan fingerprint density at radius 1 is 1.06 bits per heavy atom. The lowest BCUT2D eigenvalue weighted by molar-refractivity contribution is -0.112. The topological polar surface area (TPSA) is 80.6 Å². The molecule has 34 heavy (non-hydrogen) atoms. The highest BCUT2D eigenvalue weighted by atomic mass is 35.5. The predicted molar refractivity (Wildman–Crippen MR) is 132 cm³/mol. The Bertz CT molecular complexity index is 1330. The van der Waals surface area contributed by atoms with E-state index in [0.717, 1.165) is 11.1 Å². The van der Waals surface area contributed by atoms with Crippen LogP contribution in [-0.4, -0.2) is 12.7 Å². The minimum atomic E-state index is -0.585. The maximum absolute atomic E-state index is 12.6. The van der Waals surface area contributed by atoms with Gasteiger partial charge in [0.1, 0.15) is 18.2 Å². The van der Waals surface area contributed by atoms with Gasteiger partial charge in [-0.25, -0.2) is 0 Å². The number of ether oxygens (including phenoxy) is 3. The lowest BCUT2D eigenvalue weighted by Crippen LogP contribution is -2.13. The van der Waals surface area contributed by atoms with E-state index in [1.807, 2.05) is 25.1 Å². The third-order valence-electron chi connectivity index (χ3n) is 4.95. The van der Waals surface area contributed by atoms with Gasteiger partial charge in [-0.3, -0.25) is 4.79 Å². The lowest BCUT2D eigenvalue weighted by Gasteiger charge is -2.12. The van der Waals surface area contributed by atoms with Crippen molar-refractivity contribution < 1.29 is 19.0 Å². The number of nitrogens with zero attached hydrogens (tertiary/aromatic N) is 1. The van der Waals surface area contributed by atoms with Crippen molar-refractivity contribution in [2.75, 3.05) is 12.1 Å². The summed E-state index contributed by atoms with van der Waals surface area (Å²) < 4.78 is 16.5. The van der Waals surface area contributed by atoms with E-state index in [1.165, 1.54) is 6.08 Å². The van der Waals surface area contributed by atoms with Crippen molar-refractivity contribution in [2.45, 2.75) is 13.5 Å². The third kappa shape index (κ3) is 5.40. The normalized spacial score (nSPS) is 12.3. The molecule has 0 saturated heterocycles. The maximum Gasteiger partial charge on any atom is 0.266 e. The zero-order chi connectivity index (χ0) is 24.2. The van der Waals surface area contributed by atoms with Gasteiger partial charge in [0.2, 0.25) is 6.79 Å². The van der Waals surface area contributed by atoms with E-state index in [4.69, 9.17) is 49.0 Å². The summed E-state index contributed by atoms with van der Waals surface area (Å²) in [5.74, 6) is 1.03. The summed E-state index contributed by atoms with van der Waals surface area (Å²) in [5.41, 5.74) is 2.54. The molecule has 9 heteroatoms. The van der Waals surface area contributed by atoms with Gasteiger partial charge < -0.3 is 19.5 Å². The number of nitriles is 1. The first-order chi connectivity index (χ1) is 16.3. The highest BCUT2D eigenvalue weighted by molar-refractivity contribution is 6.37. The molecule has 1 aliphatic heterocycles. The predicted octanol–water partition coefficient (Wildman–Crippen LogP) is 6.81. The van der Waals surface area contributed by atoms with E-state index in [1.54, 1.807) is 36.4 Å². The number of hydrogen-bond donors (Lipinski definition) is 1. The van der Waals surface area contributed by atoms with Gasteiger partial charge in [-0.1, -0.05) is 46.9 Å². The Morgan fingerprint density at radius 3 is 2.50 bits per heavy atom. The molecule has 1 N–H and O–H groups in total. The zero-order valence-corrected chi connectivity index (χ0v) is 20.1. The number of hydrogen-bond acceptors (Lipinski definition) is 5. The molecule has 0 saturated carbocycles. The van der Waals surface area contributed by atoms with Gasteiger partial charge in [-0.05, 0) is 66.1 Å². The van der Waals surface area contributed by atoms with E-state index in [9.17, 15) is 10.1 Å². The molecule has 0 unspecified atom stereocenters. The Labute approximate surface area is 211 Å². The molecule has 1 aliphatic rings. The Balaban J connectivity index is 1.48. The van der Waals surface area contributed by atoms with E-state index < -0.39 is 5.91 Å². The van der Waals surface area contributed by atoms with E-state index in [0.29, 0.717) is 27.8 Å². The summed E-state index contributed by atoms with van der Waals surface area (Å²) >= 11 is 18.9. The SMILES string of the molecule is Cc1ccc(NC(=O)/C(C#N)=C\c2cc(Cl)c(OCc3ccc4c(c3)OCO4)c(Cl)c2)cc1Cl. The van der Waals surface area contributed by atoms with Crippen molar-refractivity contribution >= 4 is 52.5 Å². The van der Waals surface area contributed by atoms with Gasteiger partial charge in [0.05, 0.1) is 10.0 Å². The van der Waals surface area contributed by atoms with Gasteiger partial charge in [-0.15, -0.1) is 0 Å². The fourth-order valence-electron chi connectivity index (χ4n) is 3.17. The molecule has 0 fully saturated rings. The van der Waals surface area contributed by atoms with E-state index >= 15 is 0 Å². The Hall–Kier alpha value is -3.37. The third-order valence-corrected chi connectivity index (χ3v) is 5.92. The van der Waals surface area contributed by atoms with Crippen LogP contribution in [0.25, 0.3) is 6.08 Å². The van der Waals surface area contributed by atoms with Gasteiger partial charge in [-0.2, -0.15) is 5.26 Å². The van der Waals surface area contributed by atoms with Crippen LogP contribution in [0, 0.1) is 18.3 Å². The zero-order valence-electron chi connectivity index (χ0n) is 17.8. The van der Waals surface area contributed by atoms with Crippen molar-refractivity contribution in [1.29, 1.82) is 5.26 Å². The quantitative estimate of drug-likeness (QED) is 0.288.